The molecule has 0 saturated heterocycles. The molecular weight excluding hydrogens is 249 g/mol. The van der Waals surface area contributed by atoms with Gasteiger partial charge in [-0.3, -0.25) is 4.79 Å². The van der Waals surface area contributed by atoms with E-state index in [0.717, 1.165) is 0 Å². The number of halogens is 2. The van der Waals surface area contributed by atoms with E-state index in [1.54, 1.807) is 0 Å². The minimum absolute atomic E-state index is 0.0704. The van der Waals surface area contributed by atoms with Crippen LogP contribution in [-0.2, 0) is 4.79 Å². The smallest absolute Gasteiger partial charge is 0.185 e. The van der Waals surface area contributed by atoms with Crippen LogP contribution >= 0.6 is 23.4 Å². The summed E-state index contributed by atoms with van der Waals surface area (Å²) in [6.07, 6.45) is 1.99. The summed E-state index contributed by atoms with van der Waals surface area (Å²) in [7, 11) is 0. The summed E-state index contributed by atoms with van der Waals surface area (Å²) in [4.78, 5) is 14.2. The van der Waals surface area contributed by atoms with Gasteiger partial charge < -0.3 is 0 Å². The Hall–Kier alpha value is -1.05. The van der Waals surface area contributed by atoms with Crippen molar-refractivity contribution in [3.63, 3.8) is 0 Å². The molecule has 0 unspecified atom stereocenters. The number of carbonyl (C=O) groups is 1. The number of nitrogens with zero attached hydrogens (tertiary/aromatic N) is 1. The van der Waals surface area contributed by atoms with Gasteiger partial charge in [0.1, 0.15) is 0 Å². The fraction of sp³-hybridized carbons (Fsp3) is 0.273. The number of aromatic nitrogens is 1. The van der Waals surface area contributed by atoms with Gasteiger partial charge in [-0.25, -0.2) is 9.37 Å². The molecule has 0 spiro atoms. The third kappa shape index (κ3) is 4.65. The standard InChI is InChI=1S/C11H9ClFNOS/c1-8(15)16-5-3-2-4-9-6-10(13)11(12)14-7-9/h6-7H,3,5H2,1H3. The van der Waals surface area contributed by atoms with Crippen molar-refractivity contribution < 1.29 is 9.18 Å². The van der Waals surface area contributed by atoms with Gasteiger partial charge in [0.05, 0.1) is 0 Å². The van der Waals surface area contributed by atoms with Crippen LogP contribution in [-0.4, -0.2) is 15.9 Å². The first-order valence-corrected chi connectivity index (χ1v) is 5.89. The van der Waals surface area contributed by atoms with Crippen molar-refractivity contribution in [2.45, 2.75) is 13.3 Å². The molecule has 0 radical (unpaired) electrons. The van der Waals surface area contributed by atoms with E-state index in [0.29, 0.717) is 17.7 Å². The van der Waals surface area contributed by atoms with Crippen molar-refractivity contribution in [3.05, 3.63) is 28.8 Å². The molecule has 0 aromatic carbocycles. The first-order valence-electron chi connectivity index (χ1n) is 4.53. The highest BCUT2D eigenvalue weighted by molar-refractivity contribution is 8.13. The van der Waals surface area contributed by atoms with Crippen LogP contribution in [0.5, 0.6) is 0 Å². The van der Waals surface area contributed by atoms with Crippen LogP contribution in [0.2, 0.25) is 5.15 Å². The van der Waals surface area contributed by atoms with E-state index < -0.39 is 5.82 Å². The number of pyridine rings is 1. The lowest BCUT2D eigenvalue weighted by Crippen LogP contribution is -1.86. The molecule has 1 aromatic rings. The molecule has 16 heavy (non-hydrogen) atoms. The lowest BCUT2D eigenvalue weighted by molar-refractivity contribution is -0.109. The molecule has 2 nitrogen and oxygen atoms in total. The molecule has 0 aliphatic carbocycles. The monoisotopic (exact) mass is 257 g/mol. The molecule has 0 amide bonds. The fourth-order valence-corrected chi connectivity index (χ4v) is 1.49. The van der Waals surface area contributed by atoms with Gasteiger partial charge in [0, 0.05) is 30.9 Å². The number of thioether (sulfide) groups is 1. The first-order chi connectivity index (χ1) is 7.59. The van der Waals surface area contributed by atoms with Gasteiger partial charge in [-0.05, 0) is 6.07 Å². The van der Waals surface area contributed by atoms with Gasteiger partial charge in [0.15, 0.2) is 16.1 Å². The van der Waals surface area contributed by atoms with E-state index in [9.17, 15) is 9.18 Å². The average Bonchev–Trinajstić information content (AvgIpc) is 2.22. The molecule has 0 saturated carbocycles. The number of carbonyl (C=O) groups excluding carboxylic acids is 1. The maximum atomic E-state index is 12.9. The molecule has 0 aliphatic rings. The van der Waals surface area contributed by atoms with E-state index >= 15 is 0 Å². The summed E-state index contributed by atoms with van der Waals surface area (Å²) in [5.41, 5.74) is 0.481. The third-order valence-electron chi connectivity index (χ3n) is 1.56. The molecule has 0 N–H and O–H groups in total. The normalized spacial score (nSPS) is 9.44. The Balaban J connectivity index is 2.50. The fourth-order valence-electron chi connectivity index (χ4n) is 0.900. The van der Waals surface area contributed by atoms with E-state index in [1.165, 1.54) is 30.9 Å². The predicted molar refractivity (Wildman–Crippen MR) is 63.8 cm³/mol. The van der Waals surface area contributed by atoms with E-state index in [2.05, 4.69) is 16.8 Å². The van der Waals surface area contributed by atoms with Gasteiger partial charge in [0.25, 0.3) is 0 Å². The number of hydrogen-bond acceptors (Lipinski definition) is 3. The van der Waals surface area contributed by atoms with Crippen molar-refractivity contribution in [2.24, 2.45) is 0 Å². The summed E-state index contributed by atoms with van der Waals surface area (Å²) >= 11 is 6.64. The van der Waals surface area contributed by atoms with Crippen molar-refractivity contribution in [1.29, 1.82) is 0 Å². The SMILES string of the molecule is CC(=O)SCCC#Cc1cnc(Cl)c(F)c1. The van der Waals surface area contributed by atoms with Crippen LogP contribution in [0.15, 0.2) is 12.3 Å². The van der Waals surface area contributed by atoms with Crippen LogP contribution in [0, 0.1) is 17.7 Å². The zero-order chi connectivity index (χ0) is 12.0. The summed E-state index contributed by atoms with van der Waals surface area (Å²) in [5, 5.41) is -0.0845. The Morgan fingerprint density at radius 1 is 1.69 bits per heavy atom. The maximum absolute atomic E-state index is 12.9. The topological polar surface area (TPSA) is 30.0 Å². The molecule has 0 atom stereocenters. The molecule has 1 aromatic heterocycles. The van der Waals surface area contributed by atoms with Gasteiger partial charge >= 0.3 is 0 Å². The summed E-state index contributed by atoms with van der Waals surface area (Å²) in [6.45, 7) is 1.51. The van der Waals surface area contributed by atoms with Crippen LogP contribution in [0.25, 0.3) is 0 Å². The minimum atomic E-state index is -0.577. The summed E-state index contributed by atoms with van der Waals surface area (Å²) in [6, 6.07) is 1.24. The highest BCUT2D eigenvalue weighted by atomic mass is 35.5. The van der Waals surface area contributed by atoms with Gasteiger partial charge in [-0.2, -0.15) is 0 Å². The van der Waals surface area contributed by atoms with E-state index in [4.69, 9.17) is 11.6 Å². The lowest BCUT2D eigenvalue weighted by atomic mass is 10.3. The van der Waals surface area contributed by atoms with Gasteiger partial charge in [-0.1, -0.05) is 35.2 Å². The molecule has 0 bridgehead atoms. The van der Waals surface area contributed by atoms with E-state index in [-0.39, 0.29) is 10.3 Å². The Labute approximate surface area is 103 Å². The van der Waals surface area contributed by atoms with Crippen LogP contribution in [0.3, 0.4) is 0 Å². The van der Waals surface area contributed by atoms with E-state index in [1.807, 2.05) is 0 Å². The van der Waals surface area contributed by atoms with Crippen molar-refractivity contribution in [1.82, 2.24) is 4.98 Å². The Morgan fingerprint density at radius 3 is 3.06 bits per heavy atom. The molecule has 84 valence electrons. The third-order valence-corrected chi connectivity index (χ3v) is 2.65. The summed E-state index contributed by atoms with van der Waals surface area (Å²) in [5.74, 6) is 5.65. The quantitative estimate of drug-likeness (QED) is 0.464. The first kappa shape index (κ1) is 13.0. The van der Waals surface area contributed by atoms with Crippen molar-refractivity contribution in [3.8, 4) is 11.8 Å². The second kappa shape index (κ2) is 6.51. The largest absolute Gasteiger partial charge is 0.288 e. The van der Waals surface area contributed by atoms with Crippen LogP contribution in [0.1, 0.15) is 18.9 Å². The second-order valence-corrected chi connectivity index (χ2v) is 4.52. The molecular formula is C11H9ClFNOS. The highest BCUT2D eigenvalue weighted by Crippen LogP contribution is 2.11. The molecule has 0 fully saturated rings. The van der Waals surface area contributed by atoms with Crippen molar-refractivity contribution in [2.75, 3.05) is 5.75 Å². The lowest BCUT2D eigenvalue weighted by Gasteiger charge is -1.93. The summed E-state index contributed by atoms with van der Waals surface area (Å²) < 4.78 is 12.9. The van der Waals surface area contributed by atoms with Crippen LogP contribution < -0.4 is 0 Å². The Morgan fingerprint density at radius 2 is 2.44 bits per heavy atom. The molecule has 5 heteroatoms. The number of hydrogen-bond donors (Lipinski definition) is 0. The molecule has 1 heterocycles. The number of rotatable bonds is 2. The Kier molecular flexibility index (Phi) is 5.30. The van der Waals surface area contributed by atoms with Crippen LogP contribution in [0.4, 0.5) is 4.39 Å². The zero-order valence-electron chi connectivity index (χ0n) is 8.59. The van der Waals surface area contributed by atoms with Gasteiger partial charge in [-0.15, -0.1) is 0 Å². The highest BCUT2D eigenvalue weighted by Gasteiger charge is 1.99. The maximum Gasteiger partial charge on any atom is 0.185 e. The van der Waals surface area contributed by atoms with Crippen molar-refractivity contribution >= 4 is 28.5 Å². The van der Waals surface area contributed by atoms with Gasteiger partial charge in [0.2, 0.25) is 0 Å². The predicted octanol–water partition coefficient (Wildman–Crippen LogP) is 2.90. The zero-order valence-corrected chi connectivity index (χ0v) is 10.2. The average molecular weight is 258 g/mol. The second-order valence-electron chi connectivity index (χ2n) is 2.89. The Bertz CT molecular complexity index is 453. The minimum Gasteiger partial charge on any atom is -0.288 e. The molecule has 1 rings (SSSR count). The molecule has 0 aliphatic heterocycles.